The van der Waals surface area contributed by atoms with Crippen LogP contribution in [0, 0.1) is 5.92 Å². The molecule has 1 aliphatic heterocycles. The first kappa shape index (κ1) is 10.2. The number of ether oxygens (including phenoxy) is 1. The third kappa shape index (κ3) is 1.44. The van der Waals surface area contributed by atoms with Crippen LogP contribution in [0.1, 0.15) is 32.6 Å². The number of carboxylic acids is 1. The minimum absolute atomic E-state index is 0.183. The van der Waals surface area contributed by atoms with Crippen molar-refractivity contribution in [1.82, 2.24) is 0 Å². The Bertz CT molecular complexity index is 344. The van der Waals surface area contributed by atoms with Gasteiger partial charge in [0.2, 0.25) is 5.60 Å². The Kier molecular flexibility index (Phi) is 2.29. The molecule has 4 nitrogen and oxygen atoms in total. The number of hydrogen-bond donors (Lipinski definition) is 1. The number of hydrogen-bond acceptors (Lipinski definition) is 3. The van der Waals surface area contributed by atoms with E-state index in [1.165, 1.54) is 0 Å². The number of aliphatic carboxylic acids is 1. The summed E-state index contributed by atoms with van der Waals surface area (Å²) in [6, 6.07) is 0. The highest BCUT2D eigenvalue weighted by Gasteiger charge is 2.56. The van der Waals surface area contributed by atoms with Gasteiger partial charge in [-0.2, -0.15) is 0 Å². The van der Waals surface area contributed by atoms with Gasteiger partial charge in [0.1, 0.15) is 0 Å². The molecule has 2 atom stereocenters. The van der Waals surface area contributed by atoms with Gasteiger partial charge in [-0.25, -0.2) is 4.79 Å². The maximum Gasteiger partial charge on any atom is 0.348 e. The van der Waals surface area contributed by atoms with Gasteiger partial charge in [0, 0.05) is 12.3 Å². The van der Waals surface area contributed by atoms with E-state index >= 15 is 0 Å². The molecule has 0 aromatic carbocycles. The Morgan fingerprint density at radius 1 is 1.73 bits per heavy atom. The van der Waals surface area contributed by atoms with Crippen LogP contribution < -0.4 is 0 Å². The van der Waals surface area contributed by atoms with E-state index in [-0.39, 0.29) is 18.3 Å². The Hall–Kier alpha value is -1.32. The third-order valence-electron chi connectivity index (χ3n) is 3.37. The summed E-state index contributed by atoms with van der Waals surface area (Å²) < 4.78 is 5.07. The van der Waals surface area contributed by atoms with Crippen LogP contribution in [0.4, 0.5) is 0 Å². The fraction of sp³-hybridized carbons (Fsp3) is 0.636. The van der Waals surface area contributed by atoms with Gasteiger partial charge in [-0.3, -0.25) is 4.79 Å². The minimum Gasteiger partial charge on any atom is -0.478 e. The zero-order valence-corrected chi connectivity index (χ0v) is 8.66. The van der Waals surface area contributed by atoms with E-state index in [0.717, 1.165) is 12.0 Å². The highest BCUT2D eigenvalue weighted by atomic mass is 16.6. The Morgan fingerprint density at radius 3 is 3.07 bits per heavy atom. The maximum atomic E-state index is 11.3. The summed E-state index contributed by atoms with van der Waals surface area (Å²) in [5.74, 6) is -1.57. The monoisotopic (exact) mass is 210 g/mol. The van der Waals surface area contributed by atoms with Gasteiger partial charge in [0.25, 0.3) is 0 Å². The van der Waals surface area contributed by atoms with Gasteiger partial charge in [-0.1, -0.05) is 18.6 Å². The van der Waals surface area contributed by atoms with Crippen molar-refractivity contribution < 1.29 is 19.4 Å². The minimum atomic E-state index is -1.27. The van der Waals surface area contributed by atoms with Crippen molar-refractivity contribution in [2.24, 2.45) is 5.92 Å². The number of rotatable bonds is 2. The second kappa shape index (κ2) is 3.36. The van der Waals surface area contributed by atoms with Crippen molar-refractivity contribution in [3.8, 4) is 0 Å². The summed E-state index contributed by atoms with van der Waals surface area (Å²) in [4.78, 5) is 22.5. The molecule has 1 aliphatic carbocycles. The average molecular weight is 210 g/mol. The summed E-state index contributed by atoms with van der Waals surface area (Å²) in [7, 11) is 0. The lowest BCUT2D eigenvalue weighted by Gasteiger charge is -2.32. The zero-order chi connectivity index (χ0) is 11.1. The number of allylic oxidation sites excluding steroid dienone is 1. The fourth-order valence-electron chi connectivity index (χ4n) is 2.43. The molecule has 0 aromatic rings. The molecule has 2 aliphatic rings. The van der Waals surface area contributed by atoms with Crippen molar-refractivity contribution in [2.75, 3.05) is 0 Å². The Labute approximate surface area is 87.9 Å². The summed E-state index contributed by atoms with van der Waals surface area (Å²) in [6.45, 7) is 1.98. The quantitative estimate of drug-likeness (QED) is 0.554. The number of fused-ring (bicyclic) bond motifs is 1. The lowest BCUT2D eigenvalue weighted by molar-refractivity contribution is -0.172. The largest absolute Gasteiger partial charge is 0.478 e. The van der Waals surface area contributed by atoms with E-state index in [0.29, 0.717) is 12.8 Å². The molecule has 0 saturated carbocycles. The Morgan fingerprint density at radius 2 is 2.47 bits per heavy atom. The lowest BCUT2D eigenvalue weighted by atomic mass is 9.75. The topological polar surface area (TPSA) is 63.6 Å². The van der Waals surface area contributed by atoms with E-state index in [2.05, 4.69) is 0 Å². The first-order valence-electron chi connectivity index (χ1n) is 5.21. The van der Waals surface area contributed by atoms with Crippen LogP contribution in [0.5, 0.6) is 0 Å². The van der Waals surface area contributed by atoms with Crippen LogP contribution in [0.3, 0.4) is 0 Å². The van der Waals surface area contributed by atoms with E-state index < -0.39 is 11.6 Å². The highest BCUT2D eigenvalue weighted by molar-refractivity contribution is 5.87. The molecule has 2 rings (SSSR count). The van der Waals surface area contributed by atoms with Gasteiger partial charge in [0.05, 0.1) is 6.42 Å². The molecular formula is C11H14O4. The van der Waals surface area contributed by atoms with Gasteiger partial charge in [0.15, 0.2) is 0 Å². The van der Waals surface area contributed by atoms with E-state index in [9.17, 15) is 14.7 Å². The first-order valence-corrected chi connectivity index (χ1v) is 5.21. The number of esters is 1. The van der Waals surface area contributed by atoms with Crippen LogP contribution in [0.15, 0.2) is 11.6 Å². The number of carbonyl (C=O) groups excluding carboxylic acids is 1. The third-order valence-corrected chi connectivity index (χ3v) is 3.37. The highest BCUT2D eigenvalue weighted by Crippen LogP contribution is 2.44. The van der Waals surface area contributed by atoms with Crippen molar-refractivity contribution in [3.63, 3.8) is 0 Å². The molecule has 4 heteroatoms. The Balaban J connectivity index is 2.33. The van der Waals surface area contributed by atoms with Crippen LogP contribution >= 0.6 is 0 Å². The molecule has 15 heavy (non-hydrogen) atoms. The molecule has 0 amide bonds. The molecule has 82 valence electrons. The van der Waals surface area contributed by atoms with Gasteiger partial charge >= 0.3 is 11.9 Å². The first-order chi connectivity index (χ1) is 7.08. The SMILES string of the molecule is CCC1=CCC2CC(=O)OC2(C(=O)O)C1. The van der Waals surface area contributed by atoms with E-state index in [4.69, 9.17) is 4.74 Å². The molecule has 0 aromatic heterocycles. The standard InChI is InChI=1S/C11H14O4/c1-2-7-3-4-8-5-9(12)15-11(8,6-7)10(13)14/h3,8H,2,4-6H2,1H3,(H,13,14). The van der Waals surface area contributed by atoms with Gasteiger partial charge < -0.3 is 9.84 Å². The zero-order valence-electron chi connectivity index (χ0n) is 8.66. The maximum absolute atomic E-state index is 11.3. The predicted molar refractivity (Wildman–Crippen MR) is 52.2 cm³/mol. The van der Waals surface area contributed by atoms with Crippen molar-refractivity contribution >= 4 is 11.9 Å². The summed E-state index contributed by atoms with van der Waals surface area (Å²) >= 11 is 0. The second-order valence-electron chi connectivity index (χ2n) is 4.20. The second-order valence-corrected chi connectivity index (χ2v) is 4.20. The van der Waals surface area contributed by atoms with Crippen LogP contribution in [0.2, 0.25) is 0 Å². The fourth-order valence-corrected chi connectivity index (χ4v) is 2.43. The summed E-state index contributed by atoms with van der Waals surface area (Å²) in [5.41, 5.74) is -0.194. The molecule has 1 fully saturated rings. The molecule has 1 heterocycles. The van der Waals surface area contributed by atoms with Crippen molar-refractivity contribution in [2.45, 2.75) is 38.2 Å². The van der Waals surface area contributed by atoms with Crippen LogP contribution in [0.25, 0.3) is 0 Å². The molecule has 0 bridgehead atoms. The summed E-state index contributed by atoms with van der Waals surface area (Å²) in [6.07, 6.45) is 4.10. The van der Waals surface area contributed by atoms with Gasteiger partial charge in [-0.15, -0.1) is 0 Å². The van der Waals surface area contributed by atoms with E-state index in [1.807, 2.05) is 13.0 Å². The van der Waals surface area contributed by atoms with Crippen molar-refractivity contribution in [3.05, 3.63) is 11.6 Å². The predicted octanol–water partition coefficient (Wildman–Crippen LogP) is 1.50. The number of carbonyl (C=O) groups is 2. The molecule has 1 N–H and O–H groups in total. The molecule has 0 radical (unpaired) electrons. The normalized spacial score (nSPS) is 34.3. The number of carboxylic acid groups (broad SMARTS) is 1. The molecular weight excluding hydrogens is 196 g/mol. The van der Waals surface area contributed by atoms with Crippen LogP contribution in [-0.2, 0) is 14.3 Å². The molecule has 0 spiro atoms. The van der Waals surface area contributed by atoms with E-state index in [1.54, 1.807) is 0 Å². The molecule has 2 unspecified atom stereocenters. The van der Waals surface area contributed by atoms with Gasteiger partial charge in [-0.05, 0) is 12.8 Å². The average Bonchev–Trinajstić information content (AvgIpc) is 2.53. The summed E-state index contributed by atoms with van der Waals surface area (Å²) in [5, 5.41) is 9.23. The lowest BCUT2D eigenvalue weighted by Crippen LogP contribution is -2.46. The van der Waals surface area contributed by atoms with Crippen LogP contribution in [-0.4, -0.2) is 22.6 Å². The molecule has 1 saturated heterocycles. The van der Waals surface area contributed by atoms with Crippen molar-refractivity contribution in [1.29, 1.82) is 0 Å². The smallest absolute Gasteiger partial charge is 0.348 e.